The smallest absolute Gasteiger partial charge is 0.262 e. The summed E-state index contributed by atoms with van der Waals surface area (Å²) in [4.78, 5) is 58.8. The van der Waals surface area contributed by atoms with Gasteiger partial charge in [0.05, 0.1) is 23.3 Å². The molecule has 2 N–H and O–H groups in total. The van der Waals surface area contributed by atoms with Crippen LogP contribution in [0.4, 0.5) is 0 Å². The largest absolute Gasteiger partial charge is 0.508 e. The average Bonchev–Trinajstić information content (AvgIpc) is 3.64. The lowest BCUT2D eigenvalue weighted by atomic mass is 9.96. The number of amides is 4. The fourth-order valence-electron chi connectivity index (χ4n) is 7.69. The van der Waals surface area contributed by atoms with Gasteiger partial charge in [-0.25, -0.2) is 4.98 Å². The number of phenols is 1. The van der Waals surface area contributed by atoms with Crippen molar-refractivity contribution in [3.8, 4) is 28.5 Å². The third-order valence-corrected chi connectivity index (χ3v) is 11.2. The molecule has 5 heterocycles. The van der Waals surface area contributed by atoms with Crippen LogP contribution in [0.25, 0.3) is 32.9 Å². The van der Waals surface area contributed by atoms with Gasteiger partial charge in [0.15, 0.2) is 0 Å². The highest BCUT2D eigenvalue weighted by Gasteiger charge is 2.44. The van der Waals surface area contributed by atoms with Crippen LogP contribution in [-0.4, -0.2) is 66.9 Å². The summed E-state index contributed by atoms with van der Waals surface area (Å²) in [7, 11) is 2.10. The van der Waals surface area contributed by atoms with Gasteiger partial charge in [0.1, 0.15) is 23.6 Å². The molecule has 3 aromatic carbocycles. The molecule has 58 heavy (non-hydrogen) atoms. The van der Waals surface area contributed by atoms with Crippen LogP contribution in [0.5, 0.6) is 17.4 Å². The molecule has 1 saturated heterocycles. The van der Waals surface area contributed by atoms with E-state index >= 15 is 0 Å². The Balaban J connectivity index is 0.000000167. The van der Waals surface area contributed by atoms with Crippen molar-refractivity contribution in [2.45, 2.75) is 76.4 Å². The number of rotatable bonds is 12. The molecule has 2 fully saturated rings. The molecule has 0 spiro atoms. The fourth-order valence-corrected chi connectivity index (χ4v) is 7.69. The molecule has 4 amide bonds. The van der Waals surface area contributed by atoms with E-state index in [1.165, 1.54) is 33.8 Å². The number of aryl methyl sites for hydroxylation is 2. The first kappa shape index (κ1) is 38.3. The number of nitrogens with one attached hydrogen (secondary N) is 1. The Morgan fingerprint density at radius 1 is 0.776 bits per heavy atom. The summed E-state index contributed by atoms with van der Waals surface area (Å²) in [5.41, 5.74) is 6.33. The summed E-state index contributed by atoms with van der Waals surface area (Å²) in [5, 5.41) is 13.9. The minimum atomic E-state index is -0.971. The highest BCUT2D eigenvalue weighted by atomic mass is 16.5. The molecule has 6 aromatic rings. The normalized spacial score (nSPS) is 16.5. The van der Waals surface area contributed by atoms with Crippen molar-refractivity contribution in [2.75, 3.05) is 6.61 Å². The van der Waals surface area contributed by atoms with Crippen LogP contribution in [0.3, 0.4) is 0 Å². The first-order valence-electron chi connectivity index (χ1n) is 19.9. The second kappa shape index (κ2) is 16.9. The number of benzene rings is 3. The van der Waals surface area contributed by atoms with Crippen molar-refractivity contribution in [3.63, 3.8) is 0 Å². The van der Waals surface area contributed by atoms with Crippen molar-refractivity contribution in [2.24, 2.45) is 7.05 Å². The number of carbonyl (C=O) groups excluding carboxylic acids is 4. The van der Waals surface area contributed by atoms with E-state index in [9.17, 15) is 24.3 Å². The molecule has 12 heteroatoms. The predicted octanol–water partition coefficient (Wildman–Crippen LogP) is 7.70. The third kappa shape index (κ3) is 8.13. The Hall–Kier alpha value is -6.56. The number of imide groups is 2. The molecule has 3 aromatic heterocycles. The molecule has 1 saturated carbocycles. The molecule has 0 bridgehead atoms. The Kier molecular flexibility index (Phi) is 11.2. The van der Waals surface area contributed by atoms with E-state index in [-0.39, 0.29) is 29.7 Å². The topological polar surface area (TPSA) is 153 Å². The summed E-state index contributed by atoms with van der Waals surface area (Å²) in [6, 6.07) is 23.7. The minimum Gasteiger partial charge on any atom is -0.508 e. The summed E-state index contributed by atoms with van der Waals surface area (Å²) in [6.45, 7) is 0.497. The van der Waals surface area contributed by atoms with Gasteiger partial charge in [0.2, 0.25) is 17.7 Å². The number of carbonyl (C=O) groups is 4. The van der Waals surface area contributed by atoms with Gasteiger partial charge in [0.25, 0.3) is 11.8 Å². The van der Waals surface area contributed by atoms with E-state index in [4.69, 9.17) is 9.47 Å². The number of piperidine rings is 1. The monoisotopic (exact) mass is 779 g/mol. The van der Waals surface area contributed by atoms with E-state index in [0.29, 0.717) is 18.5 Å². The van der Waals surface area contributed by atoms with Crippen molar-refractivity contribution >= 4 is 45.4 Å². The molecule has 2 aliphatic heterocycles. The van der Waals surface area contributed by atoms with Gasteiger partial charge in [-0.15, -0.1) is 0 Å². The van der Waals surface area contributed by atoms with Crippen molar-refractivity contribution < 1.29 is 33.8 Å². The summed E-state index contributed by atoms with van der Waals surface area (Å²) in [5.74, 6) is -0.577. The standard InChI is InChI=1S/C25H26N2O6.C21H19N3O/c28-17-8-6-16(7-9-17)5-3-1-2-4-14-33-18-10-11-19-20(15-18)25(32)27(24(19)31)21-12-13-22(29)26-23(21)30;1-24-19-9-10-22-13-18(19)17-7-5-14(11-20(17)24)15-6-8-21(23-12-15)25-16-3-2-4-16/h6-11,15,21,28H,1-5,12-14H2,(H,26,29,30);5-13,16H,2-4H2,1H3. The van der Waals surface area contributed by atoms with E-state index in [1.54, 1.807) is 30.3 Å². The van der Waals surface area contributed by atoms with E-state index in [1.807, 2.05) is 36.8 Å². The molecular formula is C46H45N5O7. The van der Waals surface area contributed by atoms with Gasteiger partial charge in [-0.1, -0.05) is 37.1 Å². The molecule has 296 valence electrons. The lowest BCUT2D eigenvalue weighted by Gasteiger charge is -2.27. The van der Waals surface area contributed by atoms with Crippen LogP contribution in [0, 0.1) is 0 Å². The first-order chi connectivity index (χ1) is 28.2. The molecule has 0 radical (unpaired) electrons. The maximum Gasteiger partial charge on any atom is 0.262 e. The zero-order valence-corrected chi connectivity index (χ0v) is 32.4. The number of phenolic OH excluding ortho intramolecular Hbond substituents is 1. The zero-order chi connectivity index (χ0) is 40.2. The molecule has 1 aliphatic carbocycles. The predicted molar refractivity (Wildman–Crippen MR) is 219 cm³/mol. The Bertz CT molecular complexity index is 2490. The van der Waals surface area contributed by atoms with E-state index < -0.39 is 29.7 Å². The number of hydrogen-bond donors (Lipinski definition) is 2. The maximum atomic E-state index is 12.8. The molecule has 1 unspecified atom stereocenters. The lowest BCUT2D eigenvalue weighted by Crippen LogP contribution is -2.54. The van der Waals surface area contributed by atoms with Crippen molar-refractivity contribution in [1.29, 1.82) is 0 Å². The number of unbranched alkanes of at least 4 members (excludes halogenated alkanes) is 3. The van der Waals surface area contributed by atoms with Crippen molar-refractivity contribution in [1.82, 2.24) is 24.8 Å². The second-order valence-corrected chi connectivity index (χ2v) is 15.1. The number of ether oxygens (including phenoxy) is 2. The van der Waals surface area contributed by atoms with Crippen LogP contribution in [-0.2, 0) is 23.1 Å². The lowest BCUT2D eigenvalue weighted by molar-refractivity contribution is -0.136. The molecular weight excluding hydrogens is 735 g/mol. The fraction of sp³-hybridized carbons (Fsp3) is 0.304. The number of aromatic hydroxyl groups is 1. The quantitative estimate of drug-likeness (QED) is 0.0940. The van der Waals surface area contributed by atoms with E-state index in [0.717, 1.165) is 66.9 Å². The van der Waals surface area contributed by atoms with Gasteiger partial charge in [-0.05, 0) is 105 Å². The molecule has 3 aliphatic rings. The first-order valence-corrected chi connectivity index (χ1v) is 19.9. The summed E-state index contributed by atoms with van der Waals surface area (Å²) in [6.07, 6.45) is 14.8. The van der Waals surface area contributed by atoms with Crippen LogP contribution in [0.2, 0.25) is 0 Å². The second-order valence-electron chi connectivity index (χ2n) is 15.1. The van der Waals surface area contributed by atoms with Crippen LogP contribution in [0.1, 0.15) is 84.1 Å². The van der Waals surface area contributed by atoms with Gasteiger partial charge < -0.3 is 19.1 Å². The number of hydrogen-bond acceptors (Lipinski definition) is 9. The SMILES string of the molecule is Cn1c2ccncc2c2ccc(-c3ccc(OC4CCC4)nc3)cc21.O=C1CCC(N2C(=O)c3ccc(OCCCCCCc4ccc(O)cc4)cc3C2=O)C(=O)N1. The summed E-state index contributed by atoms with van der Waals surface area (Å²) < 4.78 is 13.8. The average molecular weight is 780 g/mol. The minimum absolute atomic E-state index is 0.0904. The van der Waals surface area contributed by atoms with Crippen LogP contribution < -0.4 is 14.8 Å². The Labute approximate surface area is 335 Å². The van der Waals surface area contributed by atoms with Crippen LogP contribution in [0.15, 0.2) is 97.5 Å². The number of nitrogens with zero attached hydrogens (tertiary/aromatic N) is 4. The Morgan fingerprint density at radius 2 is 1.57 bits per heavy atom. The summed E-state index contributed by atoms with van der Waals surface area (Å²) >= 11 is 0. The third-order valence-electron chi connectivity index (χ3n) is 11.2. The van der Waals surface area contributed by atoms with Crippen molar-refractivity contribution in [3.05, 3.63) is 114 Å². The van der Waals surface area contributed by atoms with Gasteiger partial charge in [-0.3, -0.25) is 34.4 Å². The molecule has 9 rings (SSSR count). The highest BCUT2D eigenvalue weighted by molar-refractivity contribution is 6.23. The molecule has 1 atom stereocenters. The number of pyridine rings is 2. The van der Waals surface area contributed by atoms with E-state index in [2.05, 4.69) is 57.2 Å². The Morgan fingerprint density at radius 3 is 2.33 bits per heavy atom. The van der Waals surface area contributed by atoms with Gasteiger partial charge in [-0.2, -0.15) is 0 Å². The number of fused-ring (bicyclic) bond motifs is 4. The highest BCUT2D eigenvalue weighted by Crippen LogP contribution is 2.33. The zero-order valence-electron chi connectivity index (χ0n) is 32.4. The van der Waals surface area contributed by atoms with Gasteiger partial charge in [0, 0.05) is 60.0 Å². The maximum absolute atomic E-state index is 12.8. The van der Waals surface area contributed by atoms with Crippen LogP contribution >= 0.6 is 0 Å². The van der Waals surface area contributed by atoms with Gasteiger partial charge >= 0.3 is 0 Å². The molecule has 12 nitrogen and oxygen atoms in total. The number of aromatic nitrogens is 3.